The van der Waals surface area contributed by atoms with Crippen molar-refractivity contribution in [2.45, 2.75) is 50.7 Å². The monoisotopic (exact) mass is 402 g/mol. The molecule has 1 saturated carbocycles. The molecule has 0 aliphatic heterocycles. The van der Waals surface area contributed by atoms with Crippen LogP contribution in [0.4, 0.5) is 0 Å². The largest absolute Gasteiger partial charge is 0.481 e. The summed E-state index contributed by atoms with van der Waals surface area (Å²) in [5.74, 6) is -1.50. The number of methoxy groups -OCH3 is 2. The maximum atomic E-state index is 12.9. The van der Waals surface area contributed by atoms with Gasteiger partial charge in [-0.3, -0.25) is 4.79 Å². The predicted molar refractivity (Wildman–Crippen MR) is 103 cm³/mol. The van der Waals surface area contributed by atoms with Gasteiger partial charge in [0.15, 0.2) is 6.10 Å². The van der Waals surface area contributed by atoms with Crippen LogP contribution in [0.3, 0.4) is 0 Å². The van der Waals surface area contributed by atoms with Crippen LogP contribution in [0.15, 0.2) is 18.2 Å². The van der Waals surface area contributed by atoms with E-state index in [1.54, 1.807) is 14.0 Å². The molecule has 1 atom stereocenters. The average molecular weight is 402 g/mol. The first-order chi connectivity index (χ1) is 13.8. The number of carbonyl (C=O) groups excluding carboxylic acids is 3. The van der Waals surface area contributed by atoms with Crippen molar-refractivity contribution in [3.05, 3.63) is 29.3 Å². The molecule has 156 valence electrons. The van der Waals surface area contributed by atoms with E-state index in [0.29, 0.717) is 12.8 Å². The van der Waals surface area contributed by atoms with E-state index < -0.39 is 23.6 Å². The minimum absolute atomic E-state index is 0.0965. The average Bonchev–Trinajstić information content (AvgIpc) is 2.76. The molecule has 29 heavy (non-hydrogen) atoms. The van der Waals surface area contributed by atoms with Gasteiger partial charge >= 0.3 is 11.9 Å². The highest BCUT2D eigenvalue weighted by Gasteiger charge is 2.40. The van der Waals surface area contributed by atoms with Gasteiger partial charge in [-0.1, -0.05) is 19.3 Å². The number of nitriles is 1. The summed E-state index contributed by atoms with van der Waals surface area (Å²) in [5, 5.41) is 9.69. The summed E-state index contributed by atoms with van der Waals surface area (Å²) in [4.78, 5) is 38.2. The van der Waals surface area contributed by atoms with Gasteiger partial charge in [-0.15, -0.1) is 0 Å². The van der Waals surface area contributed by atoms with Gasteiger partial charge in [0.25, 0.3) is 5.91 Å². The van der Waals surface area contributed by atoms with Crippen LogP contribution in [0, 0.1) is 11.3 Å². The lowest BCUT2D eigenvalue weighted by Gasteiger charge is -2.40. The Kier molecular flexibility index (Phi) is 7.21. The second-order valence-electron chi connectivity index (χ2n) is 7.09. The third-order valence-corrected chi connectivity index (χ3v) is 5.27. The second kappa shape index (κ2) is 9.41. The van der Waals surface area contributed by atoms with E-state index >= 15 is 0 Å². The minimum atomic E-state index is -0.925. The van der Waals surface area contributed by atoms with Crippen molar-refractivity contribution in [3.63, 3.8) is 0 Å². The number of rotatable bonds is 6. The van der Waals surface area contributed by atoms with Crippen LogP contribution >= 0.6 is 0 Å². The molecule has 1 aromatic carbocycles. The molecule has 1 fully saturated rings. The molecule has 1 aliphatic carbocycles. The lowest BCUT2D eigenvalue weighted by Crippen LogP contribution is -2.53. The molecule has 0 spiro atoms. The second-order valence-corrected chi connectivity index (χ2v) is 7.09. The third kappa shape index (κ3) is 4.86. The van der Waals surface area contributed by atoms with Crippen molar-refractivity contribution in [2.24, 2.45) is 0 Å². The summed E-state index contributed by atoms with van der Waals surface area (Å²) in [6.45, 7) is 1.56. The zero-order valence-electron chi connectivity index (χ0n) is 17.2. The molecule has 0 unspecified atom stereocenters. The molecule has 1 amide bonds. The van der Waals surface area contributed by atoms with Crippen LogP contribution in [0.2, 0.25) is 0 Å². The molecule has 0 saturated heterocycles. The van der Waals surface area contributed by atoms with Crippen molar-refractivity contribution in [3.8, 4) is 11.8 Å². The Balaban J connectivity index is 2.25. The smallest absolute Gasteiger partial charge is 0.338 e. The molecule has 0 heterocycles. The maximum Gasteiger partial charge on any atom is 0.338 e. The number of benzene rings is 1. The van der Waals surface area contributed by atoms with E-state index in [-0.39, 0.29) is 22.8 Å². The first-order valence-electron chi connectivity index (χ1n) is 9.45. The van der Waals surface area contributed by atoms with E-state index in [1.165, 1.54) is 37.3 Å². The molecule has 8 nitrogen and oxygen atoms in total. The van der Waals surface area contributed by atoms with Crippen molar-refractivity contribution in [1.82, 2.24) is 4.90 Å². The highest BCUT2D eigenvalue weighted by atomic mass is 16.5. The summed E-state index contributed by atoms with van der Waals surface area (Å²) < 4.78 is 15.1. The van der Waals surface area contributed by atoms with Crippen molar-refractivity contribution in [1.29, 1.82) is 5.26 Å². The summed E-state index contributed by atoms with van der Waals surface area (Å²) in [5.41, 5.74) is -0.642. The molecule has 0 radical (unpaired) electrons. The summed E-state index contributed by atoms with van der Waals surface area (Å²) in [7, 11) is 4.06. The highest BCUT2D eigenvalue weighted by Crippen LogP contribution is 2.33. The molecule has 1 aromatic rings. The van der Waals surface area contributed by atoms with Crippen molar-refractivity contribution >= 4 is 17.8 Å². The molecule has 2 rings (SSSR count). The number of ether oxygens (including phenoxy) is 3. The van der Waals surface area contributed by atoms with Crippen LogP contribution in [-0.4, -0.2) is 55.7 Å². The van der Waals surface area contributed by atoms with Gasteiger partial charge in [-0.2, -0.15) is 5.26 Å². The molecular weight excluding hydrogens is 376 g/mol. The number of esters is 2. The molecule has 8 heteroatoms. The van der Waals surface area contributed by atoms with Gasteiger partial charge < -0.3 is 19.1 Å². The van der Waals surface area contributed by atoms with E-state index in [2.05, 4.69) is 6.07 Å². The number of hydrogen-bond donors (Lipinski definition) is 0. The van der Waals surface area contributed by atoms with E-state index in [4.69, 9.17) is 14.2 Å². The topological polar surface area (TPSA) is 106 Å². The summed E-state index contributed by atoms with van der Waals surface area (Å²) >= 11 is 0. The fourth-order valence-corrected chi connectivity index (χ4v) is 3.54. The van der Waals surface area contributed by atoms with Crippen LogP contribution in [0.5, 0.6) is 5.75 Å². The molecule has 0 N–H and O–H groups in total. The lowest BCUT2D eigenvalue weighted by atomic mass is 9.81. The summed E-state index contributed by atoms with van der Waals surface area (Å²) in [6, 6.07) is 6.42. The zero-order chi connectivity index (χ0) is 21.6. The first-order valence-corrected chi connectivity index (χ1v) is 9.45. The number of hydrogen-bond acceptors (Lipinski definition) is 7. The van der Waals surface area contributed by atoms with Gasteiger partial charge in [-0.25, -0.2) is 9.59 Å². The Hall–Kier alpha value is -3.08. The number of likely N-dealkylation sites (N-methyl/N-ethyl adjacent to an activating group) is 1. The van der Waals surface area contributed by atoms with E-state index in [0.717, 1.165) is 19.3 Å². The number of amides is 1. The van der Waals surface area contributed by atoms with Crippen LogP contribution in [0.25, 0.3) is 0 Å². The SMILES string of the molecule is COC(=O)c1cc(O[C@@H](C)C(=O)N(C)C2(C#N)CCCCC2)cc(C(=O)OC)c1. The zero-order valence-corrected chi connectivity index (χ0v) is 17.2. The highest BCUT2D eigenvalue weighted by molar-refractivity contribution is 5.96. The van der Waals surface area contributed by atoms with Crippen LogP contribution < -0.4 is 4.74 Å². The Morgan fingerprint density at radius 3 is 2.00 bits per heavy atom. The molecular formula is C21H26N2O6. The first kappa shape index (κ1) is 22.2. The normalized spacial score (nSPS) is 16.1. The van der Waals surface area contributed by atoms with Gasteiger partial charge in [0.1, 0.15) is 11.3 Å². The quantitative estimate of drug-likeness (QED) is 0.674. The Morgan fingerprint density at radius 1 is 1.03 bits per heavy atom. The Labute approximate surface area is 170 Å². The molecule has 0 aromatic heterocycles. The number of carbonyl (C=O) groups is 3. The standard InChI is InChI=1S/C21H26N2O6/c1-14(18(24)23(2)21(13-22)8-6-5-7-9-21)29-17-11-15(19(25)27-3)10-16(12-17)20(26)28-4/h10-12,14H,5-9H2,1-4H3/t14-/m0/s1. The van der Waals surface area contributed by atoms with Crippen LogP contribution in [-0.2, 0) is 14.3 Å². The lowest BCUT2D eigenvalue weighted by molar-refractivity contribution is -0.141. The van der Waals surface area contributed by atoms with E-state index in [9.17, 15) is 19.6 Å². The Morgan fingerprint density at radius 2 is 1.55 bits per heavy atom. The molecule has 0 bridgehead atoms. The van der Waals surface area contributed by atoms with Gasteiger partial charge in [0, 0.05) is 7.05 Å². The predicted octanol–water partition coefficient (Wildman–Crippen LogP) is 2.71. The van der Waals surface area contributed by atoms with Crippen molar-refractivity contribution in [2.75, 3.05) is 21.3 Å². The minimum Gasteiger partial charge on any atom is -0.481 e. The van der Waals surface area contributed by atoms with Gasteiger partial charge in [-0.05, 0) is 38.0 Å². The van der Waals surface area contributed by atoms with Crippen molar-refractivity contribution < 1.29 is 28.6 Å². The Bertz CT molecular complexity index is 789. The van der Waals surface area contributed by atoms with Crippen LogP contribution in [0.1, 0.15) is 59.7 Å². The summed E-state index contributed by atoms with van der Waals surface area (Å²) in [6.07, 6.45) is 3.17. The van der Waals surface area contributed by atoms with Gasteiger partial charge in [0.05, 0.1) is 31.4 Å². The maximum absolute atomic E-state index is 12.9. The fraction of sp³-hybridized carbons (Fsp3) is 0.524. The molecule has 1 aliphatic rings. The van der Waals surface area contributed by atoms with Gasteiger partial charge in [0.2, 0.25) is 0 Å². The number of nitrogens with zero attached hydrogens (tertiary/aromatic N) is 2. The van der Waals surface area contributed by atoms with E-state index in [1.807, 2.05) is 0 Å². The third-order valence-electron chi connectivity index (χ3n) is 5.27. The fourth-order valence-electron chi connectivity index (χ4n) is 3.54.